The Hall–Kier alpha value is -6.95. The van der Waals surface area contributed by atoms with Crippen LogP contribution < -0.4 is 19.3 Å². The van der Waals surface area contributed by atoms with Gasteiger partial charge >= 0.3 is 0 Å². The second kappa shape index (κ2) is 24.2. The molecule has 9 aromatic rings. The molecule has 0 bridgehead atoms. The van der Waals surface area contributed by atoms with Gasteiger partial charge in [0.25, 0.3) is 0 Å². The molecule has 0 aliphatic rings. The van der Waals surface area contributed by atoms with Crippen molar-refractivity contribution in [3.63, 3.8) is 0 Å². The van der Waals surface area contributed by atoms with Gasteiger partial charge in [0.15, 0.2) is 0 Å². The van der Waals surface area contributed by atoms with E-state index >= 15 is 0 Å². The molecule has 0 aliphatic carbocycles. The average molecular weight is 954 g/mol. The molecule has 0 N–H and O–H groups in total. The first-order valence-electron chi connectivity index (χ1n) is 22.7. The quantitative estimate of drug-likeness (QED) is 0.122. The lowest BCUT2D eigenvalue weighted by molar-refractivity contribution is 0.340. The minimum Gasteiger partial charge on any atom is -0.494 e. The molecule has 9 rings (SSSR count). The van der Waals surface area contributed by atoms with Gasteiger partial charge in [0.2, 0.25) is 0 Å². The lowest BCUT2D eigenvalue weighted by Gasteiger charge is -2.26. The maximum atomic E-state index is 6.03. The number of nitrogens with zero attached hydrogens (tertiary/aromatic N) is 2. The molecule has 0 saturated carbocycles. The predicted molar refractivity (Wildman–Crippen MR) is 291 cm³/mol. The van der Waals surface area contributed by atoms with Crippen molar-refractivity contribution in [1.82, 2.24) is 0 Å². The van der Waals surface area contributed by atoms with E-state index in [1.807, 2.05) is 130 Å². The van der Waals surface area contributed by atoms with Crippen molar-refractivity contribution in [3.05, 3.63) is 250 Å². The molecule has 342 valence electrons. The van der Waals surface area contributed by atoms with E-state index in [0.29, 0.717) is 23.3 Å². The number of halogens is 3. The van der Waals surface area contributed by atoms with E-state index in [-0.39, 0.29) is 0 Å². The van der Waals surface area contributed by atoms with Crippen LogP contribution in [0.4, 0.5) is 34.1 Å². The lowest BCUT2D eigenvalue weighted by Crippen LogP contribution is -2.09. The van der Waals surface area contributed by atoms with Crippen LogP contribution in [0.2, 0.25) is 15.1 Å². The van der Waals surface area contributed by atoms with E-state index in [1.54, 1.807) is 0 Å². The standard InChI is InChI=1S/C34H31NO.C20H17Cl2NO.C7H7Cl/c1-4-36-34-21-19-33(20-22-34)35(31-15-11-27(12-16-31)29-9-5-7-25(2)23-29)32-17-13-28(14-18-32)30-10-6-8-26(3)24-30;1-2-24-20-13-11-19(12-14-20)23(17-7-3-15(21)4-8-17)18-9-5-16(22)6-10-18;1-6-3-2-4-7(8)5-6/h5-24H,4H2,1-3H3;3-14H,2H2,1H3;2-5H,1H3. The molecule has 0 saturated heterocycles. The summed E-state index contributed by atoms with van der Waals surface area (Å²) >= 11 is 17.7. The summed E-state index contributed by atoms with van der Waals surface area (Å²) in [4.78, 5) is 4.43. The van der Waals surface area contributed by atoms with Gasteiger partial charge in [-0.15, -0.1) is 0 Å². The number of hydrogen-bond acceptors (Lipinski definition) is 4. The summed E-state index contributed by atoms with van der Waals surface area (Å²) in [5.74, 6) is 1.74. The monoisotopic (exact) mass is 952 g/mol. The van der Waals surface area contributed by atoms with Crippen molar-refractivity contribution in [3.8, 4) is 33.8 Å². The first-order chi connectivity index (χ1) is 33.1. The summed E-state index contributed by atoms with van der Waals surface area (Å²) in [6, 6.07) is 74.4. The molecule has 9 aromatic carbocycles. The Morgan fingerprint density at radius 2 is 0.603 bits per heavy atom. The number of benzene rings is 9. The summed E-state index contributed by atoms with van der Waals surface area (Å²) in [7, 11) is 0. The molecule has 0 atom stereocenters. The highest BCUT2D eigenvalue weighted by molar-refractivity contribution is 6.31. The van der Waals surface area contributed by atoms with Gasteiger partial charge in [-0.05, 0) is 196 Å². The van der Waals surface area contributed by atoms with Crippen molar-refractivity contribution in [1.29, 1.82) is 0 Å². The molecule has 0 radical (unpaired) electrons. The smallest absolute Gasteiger partial charge is 0.119 e. The number of ether oxygens (including phenoxy) is 2. The highest BCUT2D eigenvalue weighted by Crippen LogP contribution is 2.39. The van der Waals surface area contributed by atoms with Gasteiger partial charge < -0.3 is 19.3 Å². The molecule has 0 aliphatic heterocycles. The van der Waals surface area contributed by atoms with Crippen LogP contribution in [-0.2, 0) is 0 Å². The zero-order valence-electron chi connectivity index (χ0n) is 39.0. The predicted octanol–water partition coefficient (Wildman–Crippen LogP) is 19.0. The molecular formula is C61H55Cl3N2O2. The zero-order valence-corrected chi connectivity index (χ0v) is 41.3. The van der Waals surface area contributed by atoms with Crippen LogP contribution in [0.25, 0.3) is 22.3 Å². The maximum Gasteiger partial charge on any atom is 0.119 e. The highest BCUT2D eigenvalue weighted by atomic mass is 35.5. The molecular weight excluding hydrogens is 899 g/mol. The van der Waals surface area contributed by atoms with Crippen LogP contribution in [0.1, 0.15) is 30.5 Å². The van der Waals surface area contributed by atoms with Crippen LogP contribution in [0.15, 0.2) is 218 Å². The Kier molecular flexibility index (Phi) is 17.4. The van der Waals surface area contributed by atoms with Gasteiger partial charge in [-0.25, -0.2) is 0 Å². The minimum atomic E-state index is 0.650. The van der Waals surface area contributed by atoms with Crippen LogP contribution in [0, 0.1) is 20.8 Å². The average Bonchev–Trinajstić information content (AvgIpc) is 3.35. The molecule has 0 spiro atoms. The maximum absolute atomic E-state index is 6.03. The Morgan fingerprint density at radius 1 is 0.309 bits per heavy atom. The Labute approximate surface area is 417 Å². The van der Waals surface area contributed by atoms with Crippen molar-refractivity contribution in [2.24, 2.45) is 0 Å². The first kappa shape index (κ1) is 49.0. The third kappa shape index (κ3) is 13.6. The summed E-state index contributed by atoms with van der Waals surface area (Å²) in [5.41, 5.74) is 15.0. The van der Waals surface area contributed by atoms with Gasteiger partial charge in [0, 0.05) is 49.2 Å². The largest absolute Gasteiger partial charge is 0.494 e. The third-order valence-electron chi connectivity index (χ3n) is 10.9. The molecule has 0 aromatic heterocycles. The van der Waals surface area contributed by atoms with E-state index in [1.165, 1.54) is 38.9 Å². The third-order valence-corrected chi connectivity index (χ3v) is 11.7. The van der Waals surface area contributed by atoms with Gasteiger partial charge in [-0.3, -0.25) is 0 Å². The number of rotatable bonds is 12. The van der Waals surface area contributed by atoms with Crippen LogP contribution in [0.5, 0.6) is 11.5 Å². The molecule has 4 nitrogen and oxygen atoms in total. The highest BCUT2D eigenvalue weighted by Gasteiger charge is 2.15. The summed E-state index contributed by atoms with van der Waals surface area (Å²) in [5, 5.41) is 2.23. The van der Waals surface area contributed by atoms with Crippen molar-refractivity contribution < 1.29 is 9.47 Å². The number of aryl methyl sites for hydroxylation is 3. The molecule has 0 heterocycles. The van der Waals surface area contributed by atoms with E-state index < -0.39 is 0 Å². The molecule has 0 unspecified atom stereocenters. The fourth-order valence-corrected chi connectivity index (χ4v) is 8.15. The number of hydrogen-bond donors (Lipinski definition) is 0. The van der Waals surface area contributed by atoms with Crippen molar-refractivity contribution in [2.75, 3.05) is 23.0 Å². The summed E-state index contributed by atoms with van der Waals surface area (Å²) < 4.78 is 11.2. The SMILES string of the molecule is CCOc1ccc(N(c2ccc(-c3cccc(C)c3)cc2)c2ccc(-c3cccc(C)c3)cc2)cc1.CCOc1ccc(N(c2ccc(Cl)cc2)c2ccc(Cl)cc2)cc1.Cc1cccc(Cl)c1. The van der Waals surface area contributed by atoms with Crippen LogP contribution in [-0.4, -0.2) is 13.2 Å². The lowest BCUT2D eigenvalue weighted by atomic mass is 10.0. The fourth-order valence-electron chi connectivity index (χ4n) is 7.65. The van der Waals surface area contributed by atoms with E-state index in [0.717, 1.165) is 50.6 Å². The van der Waals surface area contributed by atoms with Gasteiger partial charge in [-0.2, -0.15) is 0 Å². The van der Waals surface area contributed by atoms with E-state index in [9.17, 15) is 0 Å². The van der Waals surface area contributed by atoms with Crippen LogP contribution in [0.3, 0.4) is 0 Å². The summed E-state index contributed by atoms with van der Waals surface area (Å²) in [6.45, 7) is 11.6. The van der Waals surface area contributed by atoms with Gasteiger partial charge in [0.05, 0.1) is 13.2 Å². The van der Waals surface area contributed by atoms with Crippen LogP contribution >= 0.6 is 34.8 Å². The van der Waals surface area contributed by atoms with Gasteiger partial charge in [0.1, 0.15) is 11.5 Å². The minimum absolute atomic E-state index is 0.650. The number of anilines is 6. The van der Waals surface area contributed by atoms with E-state index in [2.05, 4.69) is 133 Å². The normalized spacial score (nSPS) is 10.5. The molecule has 68 heavy (non-hydrogen) atoms. The Bertz CT molecular complexity index is 2810. The fraction of sp³-hybridized carbons (Fsp3) is 0.115. The Balaban J connectivity index is 0.000000183. The van der Waals surface area contributed by atoms with E-state index in [4.69, 9.17) is 44.3 Å². The summed E-state index contributed by atoms with van der Waals surface area (Å²) in [6.07, 6.45) is 0. The van der Waals surface area contributed by atoms with Crippen molar-refractivity contribution in [2.45, 2.75) is 34.6 Å². The van der Waals surface area contributed by atoms with Gasteiger partial charge in [-0.1, -0.05) is 131 Å². The zero-order chi connectivity index (χ0) is 47.8. The second-order valence-corrected chi connectivity index (χ2v) is 17.4. The molecule has 0 amide bonds. The first-order valence-corrected chi connectivity index (χ1v) is 23.8. The molecule has 7 heteroatoms. The van der Waals surface area contributed by atoms with Crippen molar-refractivity contribution >= 4 is 68.9 Å². The molecule has 0 fully saturated rings. The second-order valence-electron chi connectivity index (χ2n) is 16.1. The topological polar surface area (TPSA) is 24.9 Å². The Morgan fingerprint density at radius 3 is 0.882 bits per heavy atom.